The summed E-state index contributed by atoms with van der Waals surface area (Å²) in [6.07, 6.45) is 5.18. The van der Waals surface area contributed by atoms with E-state index in [0.29, 0.717) is 5.02 Å². The number of carbonyl (C=O) groups is 2. The molecule has 4 rings (SSSR count). The third kappa shape index (κ3) is 8.24. The molecule has 1 N–H and O–H groups in total. The van der Waals surface area contributed by atoms with Crippen LogP contribution in [0.25, 0.3) is 0 Å². The summed E-state index contributed by atoms with van der Waals surface area (Å²) in [6.45, 7) is 1.54. The average Bonchev–Trinajstić information content (AvgIpc) is 3.43. The number of rotatable bonds is 11. The molecule has 2 amide bonds. The van der Waals surface area contributed by atoms with Crippen LogP contribution >= 0.6 is 23.2 Å². The van der Waals surface area contributed by atoms with Crippen molar-refractivity contribution in [3.8, 4) is 0 Å². The molecule has 218 valence electrons. The van der Waals surface area contributed by atoms with E-state index in [1.54, 1.807) is 0 Å². The second-order valence-electron chi connectivity index (χ2n) is 10.5. The second-order valence-corrected chi connectivity index (χ2v) is 13.3. The molecule has 3 aromatic rings. The van der Waals surface area contributed by atoms with Gasteiger partial charge in [0.05, 0.1) is 17.0 Å². The van der Waals surface area contributed by atoms with Crippen LogP contribution in [-0.2, 0) is 32.6 Å². The highest BCUT2D eigenvalue weighted by Crippen LogP contribution is 2.31. The van der Waals surface area contributed by atoms with Gasteiger partial charge in [-0.15, -0.1) is 0 Å². The van der Waals surface area contributed by atoms with Crippen LogP contribution < -0.4 is 9.62 Å². The predicted octanol–water partition coefficient (Wildman–Crippen LogP) is 5.77. The van der Waals surface area contributed by atoms with Crippen LogP contribution in [-0.4, -0.2) is 50.0 Å². The number of nitrogens with zero attached hydrogens (tertiary/aromatic N) is 2. The molecule has 1 atom stereocenters. The molecule has 1 saturated carbocycles. The first-order valence-corrected chi connectivity index (χ1v) is 16.2. The van der Waals surface area contributed by atoms with Crippen molar-refractivity contribution >= 4 is 50.7 Å². The SMILES string of the molecule is Cc1ccccc1CN(C(=O)CN(c1ccc(Cl)cc1Cl)S(C)(=O)=O)[C@@H](Cc1ccccc1)C(=O)NC1CCCC1. The van der Waals surface area contributed by atoms with E-state index in [-0.39, 0.29) is 35.6 Å². The molecule has 0 aliphatic heterocycles. The topological polar surface area (TPSA) is 86.8 Å². The molecule has 0 saturated heterocycles. The number of carbonyl (C=O) groups excluding carboxylic acids is 2. The van der Waals surface area contributed by atoms with Crippen molar-refractivity contribution in [2.24, 2.45) is 0 Å². The largest absolute Gasteiger partial charge is 0.352 e. The van der Waals surface area contributed by atoms with Crippen molar-refractivity contribution < 1.29 is 18.0 Å². The molecular weight excluding hydrogens is 581 g/mol. The highest BCUT2D eigenvalue weighted by Gasteiger charge is 2.34. The number of aryl methyl sites for hydroxylation is 1. The Morgan fingerprint density at radius 1 is 0.976 bits per heavy atom. The zero-order chi connectivity index (χ0) is 29.6. The zero-order valence-electron chi connectivity index (χ0n) is 23.2. The molecule has 1 aliphatic rings. The fraction of sp³-hybridized carbons (Fsp3) is 0.355. The minimum atomic E-state index is -3.93. The Kier molecular flexibility index (Phi) is 10.3. The summed E-state index contributed by atoms with van der Waals surface area (Å²) in [5, 5.41) is 3.60. The molecule has 3 aromatic carbocycles. The van der Waals surface area contributed by atoms with Crippen LogP contribution in [0.3, 0.4) is 0 Å². The van der Waals surface area contributed by atoms with E-state index in [2.05, 4.69) is 5.32 Å². The Labute approximate surface area is 252 Å². The first-order chi connectivity index (χ1) is 19.5. The average molecular weight is 617 g/mol. The summed E-state index contributed by atoms with van der Waals surface area (Å²) in [5.74, 6) is -0.773. The molecule has 0 heterocycles. The van der Waals surface area contributed by atoms with Gasteiger partial charge in [0.15, 0.2) is 0 Å². The summed E-state index contributed by atoms with van der Waals surface area (Å²) in [5.41, 5.74) is 2.85. The van der Waals surface area contributed by atoms with Crippen molar-refractivity contribution in [2.75, 3.05) is 17.1 Å². The fourth-order valence-corrected chi connectivity index (χ4v) is 6.59. The molecule has 0 radical (unpaired) electrons. The lowest BCUT2D eigenvalue weighted by Gasteiger charge is -2.34. The van der Waals surface area contributed by atoms with E-state index in [1.807, 2.05) is 61.5 Å². The molecule has 1 aliphatic carbocycles. The Morgan fingerprint density at radius 2 is 1.63 bits per heavy atom. The third-order valence-electron chi connectivity index (χ3n) is 7.43. The Hall–Kier alpha value is -3.07. The maximum atomic E-state index is 14.2. The van der Waals surface area contributed by atoms with E-state index >= 15 is 0 Å². The first-order valence-electron chi connectivity index (χ1n) is 13.6. The van der Waals surface area contributed by atoms with Gasteiger partial charge >= 0.3 is 0 Å². The van der Waals surface area contributed by atoms with Crippen LogP contribution in [0.15, 0.2) is 72.8 Å². The summed E-state index contributed by atoms with van der Waals surface area (Å²) in [6, 6.07) is 20.8. The number of anilines is 1. The number of sulfonamides is 1. The van der Waals surface area contributed by atoms with Crippen LogP contribution in [0.2, 0.25) is 10.0 Å². The molecule has 0 aromatic heterocycles. The first kappa shape index (κ1) is 30.9. The molecule has 7 nitrogen and oxygen atoms in total. The monoisotopic (exact) mass is 615 g/mol. The van der Waals surface area contributed by atoms with Gasteiger partial charge in [0.1, 0.15) is 12.6 Å². The fourth-order valence-electron chi connectivity index (χ4n) is 5.17. The normalized spacial score (nSPS) is 14.4. The van der Waals surface area contributed by atoms with Gasteiger partial charge in [0.25, 0.3) is 0 Å². The Morgan fingerprint density at radius 3 is 2.27 bits per heavy atom. The smallest absolute Gasteiger partial charge is 0.244 e. The van der Waals surface area contributed by atoms with Gasteiger partial charge in [-0.05, 0) is 54.7 Å². The van der Waals surface area contributed by atoms with Crippen LogP contribution in [0, 0.1) is 6.92 Å². The molecule has 0 unspecified atom stereocenters. The highest BCUT2D eigenvalue weighted by atomic mass is 35.5. The molecule has 1 fully saturated rings. The molecule has 10 heteroatoms. The van der Waals surface area contributed by atoms with Gasteiger partial charge in [-0.1, -0.05) is 90.6 Å². The van der Waals surface area contributed by atoms with Crippen LogP contribution in [0.4, 0.5) is 5.69 Å². The Bertz CT molecular complexity index is 1480. The maximum absolute atomic E-state index is 14.2. The lowest BCUT2D eigenvalue weighted by atomic mass is 10.0. The van der Waals surface area contributed by atoms with Gasteiger partial charge in [-0.25, -0.2) is 8.42 Å². The number of halogens is 2. The van der Waals surface area contributed by atoms with Gasteiger partial charge in [-0.3, -0.25) is 13.9 Å². The molecule has 0 spiro atoms. The standard InChI is InChI=1S/C31H35Cl2N3O4S/c1-22-10-6-7-13-24(22)20-35(30(37)21-36(41(2,39)40)28-17-16-25(32)19-27(28)33)29(18-23-11-4-3-5-12-23)31(38)34-26-14-8-9-15-26/h3-7,10-13,16-17,19,26,29H,8-9,14-15,18,20-21H2,1-2H3,(H,34,38)/t29-/m0/s1. The van der Waals surface area contributed by atoms with E-state index in [1.165, 1.54) is 23.1 Å². The zero-order valence-corrected chi connectivity index (χ0v) is 25.6. The van der Waals surface area contributed by atoms with E-state index in [9.17, 15) is 18.0 Å². The molecule has 41 heavy (non-hydrogen) atoms. The van der Waals surface area contributed by atoms with Crippen molar-refractivity contribution in [2.45, 2.75) is 57.7 Å². The summed E-state index contributed by atoms with van der Waals surface area (Å²) in [4.78, 5) is 29.6. The highest BCUT2D eigenvalue weighted by molar-refractivity contribution is 7.92. The van der Waals surface area contributed by atoms with Crippen LogP contribution in [0.5, 0.6) is 0 Å². The molecule has 0 bridgehead atoms. The lowest BCUT2D eigenvalue weighted by Crippen LogP contribution is -2.54. The van der Waals surface area contributed by atoms with Gasteiger partial charge in [0, 0.05) is 24.0 Å². The van der Waals surface area contributed by atoms with Gasteiger partial charge in [-0.2, -0.15) is 0 Å². The van der Waals surface area contributed by atoms with E-state index in [4.69, 9.17) is 23.2 Å². The summed E-state index contributed by atoms with van der Waals surface area (Å²) < 4.78 is 26.9. The number of amides is 2. The van der Waals surface area contributed by atoms with Crippen molar-refractivity contribution in [3.05, 3.63) is 99.5 Å². The summed E-state index contributed by atoms with van der Waals surface area (Å²) >= 11 is 12.4. The van der Waals surface area contributed by atoms with Gasteiger partial charge in [0.2, 0.25) is 21.8 Å². The van der Waals surface area contributed by atoms with E-state index < -0.39 is 28.5 Å². The Balaban J connectivity index is 1.75. The number of hydrogen-bond donors (Lipinski definition) is 1. The van der Waals surface area contributed by atoms with Gasteiger partial charge < -0.3 is 10.2 Å². The van der Waals surface area contributed by atoms with Crippen molar-refractivity contribution in [3.63, 3.8) is 0 Å². The quantitative estimate of drug-likeness (QED) is 0.297. The van der Waals surface area contributed by atoms with Crippen LogP contribution in [0.1, 0.15) is 42.4 Å². The third-order valence-corrected chi connectivity index (χ3v) is 9.10. The number of hydrogen-bond acceptors (Lipinski definition) is 4. The van der Waals surface area contributed by atoms with Crippen molar-refractivity contribution in [1.82, 2.24) is 10.2 Å². The molecular formula is C31H35Cl2N3O4S. The number of nitrogens with one attached hydrogen (secondary N) is 1. The maximum Gasteiger partial charge on any atom is 0.244 e. The number of benzene rings is 3. The second kappa shape index (κ2) is 13.7. The minimum absolute atomic E-state index is 0.0524. The van der Waals surface area contributed by atoms with E-state index in [0.717, 1.165) is 52.9 Å². The minimum Gasteiger partial charge on any atom is -0.352 e. The lowest BCUT2D eigenvalue weighted by molar-refractivity contribution is -0.140. The predicted molar refractivity (Wildman–Crippen MR) is 165 cm³/mol. The summed E-state index contributed by atoms with van der Waals surface area (Å²) in [7, 11) is -3.93. The van der Waals surface area contributed by atoms with Crippen molar-refractivity contribution in [1.29, 1.82) is 0 Å².